The van der Waals surface area contributed by atoms with E-state index < -0.39 is 0 Å². The molecule has 2 rings (SSSR count). The number of rotatable bonds is 4. The Hall–Kier alpha value is -1.51. The van der Waals surface area contributed by atoms with Gasteiger partial charge in [0.25, 0.3) is 0 Å². The van der Waals surface area contributed by atoms with E-state index in [4.69, 9.17) is 9.47 Å². The first-order chi connectivity index (χ1) is 9.14. The minimum atomic E-state index is -0.322. The number of hydrogen-bond donors (Lipinski definition) is 0. The molecule has 3 heteroatoms. The van der Waals surface area contributed by atoms with Crippen LogP contribution < -0.4 is 9.47 Å². The zero-order valence-electron chi connectivity index (χ0n) is 12.0. The van der Waals surface area contributed by atoms with E-state index in [9.17, 15) is 4.79 Å². The number of hydrogen-bond acceptors (Lipinski definition) is 3. The first-order valence-electron chi connectivity index (χ1n) is 6.87. The molecule has 0 N–H and O–H groups in total. The van der Waals surface area contributed by atoms with Crippen LogP contribution in [0.3, 0.4) is 0 Å². The Balaban J connectivity index is 2.45. The van der Waals surface area contributed by atoms with Crippen molar-refractivity contribution in [2.75, 3.05) is 14.2 Å². The summed E-state index contributed by atoms with van der Waals surface area (Å²) in [5.74, 6) is 1.67. The number of ether oxygens (including phenoxy) is 2. The van der Waals surface area contributed by atoms with Crippen LogP contribution in [0, 0.1) is 0 Å². The zero-order valence-corrected chi connectivity index (χ0v) is 12.0. The quantitative estimate of drug-likeness (QED) is 0.833. The molecule has 0 radical (unpaired) electrons. The van der Waals surface area contributed by atoms with Crippen LogP contribution in [0.25, 0.3) is 0 Å². The van der Waals surface area contributed by atoms with Crippen molar-refractivity contribution in [1.82, 2.24) is 0 Å². The maximum atomic E-state index is 12.2. The van der Waals surface area contributed by atoms with Gasteiger partial charge in [-0.05, 0) is 37.5 Å². The molecule has 0 aromatic heterocycles. The van der Waals surface area contributed by atoms with Crippen LogP contribution >= 0.6 is 0 Å². The third-order valence-corrected chi connectivity index (χ3v) is 4.32. The summed E-state index contributed by atoms with van der Waals surface area (Å²) in [5.41, 5.74) is 0.745. The number of carbonyl (C=O) groups is 1. The van der Waals surface area contributed by atoms with Gasteiger partial charge in [-0.25, -0.2) is 0 Å². The summed E-state index contributed by atoms with van der Waals surface area (Å²) < 4.78 is 10.6. The summed E-state index contributed by atoms with van der Waals surface area (Å²) in [7, 11) is 3.25. The van der Waals surface area contributed by atoms with Gasteiger partial charge in [0.05, 0.1) is 19.6 Å². The van der Waals surface area contributed by atoms with Crippen molar-refractivity contribution in [3.05, 3.63) is 23.8 Å². The van der Waals surface area contributed by atoms with Crippen molar-refractivity contribution >= 4 is 5.78 Å². The third-order valence-electron chi connectivity index (χ3n) is 4.32. The highest BCUT2D eigenvalue weighted by Crippen LogP contribution is 2.42. The molecule has 0 amide bonds. The zero-order chi connectivity index (χ0) is 13.9. The lowest BCUT2D eigenvalue weighted by Crippen LogP contribution is -2.36. The van der Waals surface area contributed by atoms with Crippen molar-refractivity contribution in [3.8, 4) is 11.5 Å². The maximum absolute atomic E-state index is 12.2. The van der Waals surface area contributed by atoms with Gasteiger partial charge in [0.15, 0.2) is 11.5 Å². The molecule has 0 heterocycles. The fourth-order valence-corrected chi connectivity index (χ4v) is 3.13. The van der Waals surface area contributed by atoms with Crippen LogP contribution in [0.5, 0.6) is 11.5 Å². The molecular formula is C16H22O3. The van der Waals surface area contributed by atoms with Gasteiger partial charge in [0, 0.05) is 0 Å². The Labute approximate surface area is 114 Å². The van der Waals surface area contributed by atoms with Crippen molar-refractivity contribution < 1.29 is 14.3 Å². The van der Waals surface area contributed by atoms with Crippen molar-refractivity contribution in [2.24, 2.45) is 0 Å². The number of Topliss-reactive ketones (excluding diaryl/α,β-unsaturated/α-hetero) is 1. The van der Waals surface area contributed by atoms with Gasteiger partial charge in [0.1, 0.15) is 5.78 Å². The molecular weight excluding hydrogens is 240 g/mol. The minimum Gasteiger partial charge on any atom is -0.493 e. The van der Waals surface area contributed by atoms with Crippen molar-refractivity contribution in [1.29, 1.82) is 0 Å². The van der Waals surface area contributed by atoms with E-state index >= 15 is 0 Å². The third kappa shape index (κ3) is 2.46. The van der Waals surface area contributed by atoms with E-state index in [0.29, 0.717) is 11.5 Å². The predicted octanol–water partition coefficient (Wildman–Crippen LogP) is 3.49. The molecule has 1 fully saturated rings. The van der Waals surface area contributed by atoms with Crippen LogP contribution in [0.4, 0.5) is 0 Å². The summed E-state index contributed by atoms with van der Waals surface area (Å²) >= 11 is 0. The first kappa shape index (κ1) is 13.9. The second kappa shape index (κ2) is 5.64. The van der Waals surface area contributed by atoms with Gasteiger partial charge in [0.2, 0.25) is 0 Å². The van der Waals surface area contributed by atoms with Crippen LogP contribution in [0.15, 0.2) is 18.2 Å². The summed E-state index contributed by atoms with van der Waals surface area (Å²) in [4.78, 5) is 12.2. The summed E-state index contributed by atoms with van der Waals surface area (Å²) in [6.45, 7) is 1.71. The first-order valence-corrected chi connectivity index (χ1v) is 6.87. The van der Waals surface area contributed by atoms with Crippen molar-refractivity contribution in [3.63, 3.8) is 0 Å². The monoisotopic (exact) mass is 262 g/mol. The maximum Gasteiger partial charge on any atom is 0.161 e. The molecule has 0 bridgehead atoms. The lowest BCUT2D eigenvalue weighted by Gasteiger charge is -2.35. The number of carbonyl (C=O) groups excluding carboxylic acids is 1. The second-order valence-corrected chi connectivity index (χ2v) is 5.27. The van der Waals surface area contributed by atoms with E-state index in [0.717, 1.165) is 31.2 Å². The van der Waals surface area contributed by atoms with Crippen LogP contribution in [-0.4, -0.2) is 20.0 Å². The van der Waals surface area contributed by atoms with Gasteiger partial charge in [-0.15, -0.1) is 0 Å². The number of benzene rings is 1. The Bertz CT molecular complexity index is 459. The van der Waals surface area contributed by atoms with E-state index in [2.05, 4.69) is 0 Å². The Morgan fingerprint density at radius 3 is 2.21 bits per heavy atom. The van der Waals surface area contributed by atoms with E-state index in [1.165, 1.54) is 6.42 Å². The number of methoxy groups -OCH3 is 2. The van der Waals surface area contributed by atoms with Gasteiger partial charge >= 0.3 is 0 Å². The molecule has 0 saturated heterocycles. The molecule has 1 aromatic carbocycles. The van der Waals surface area contributed by atoms with Gasteiger partial charge in [-0.1, -0.05) is 25.3 Å². The molecule has 3 nitrogen and oxygen atoms in total. The normalized spacial score (nSPS) is 17.8. The molecule has 0 unspecified atom stereocenters. The Morgan fingerprint density at radius 1 is 1.05 bits per heavy atom. The molecule has 1 aliphatic rings. The highest BCUT2D eigenvalue weighted by molar-refractivity contribution is 5.88. The second-order valence-electron chi connectivity index (χ2n) is 5.27. The van der Waals surface area contributed by atoms with Crippen LogP contribution in [-0.2, 0) is 10.2 Å². The molecule has 104 valence electrons. The lowest BCUT2D eigenvalue weighted by atomic mass is 9.67. The average Bonchev–Trinajstić information content (AvgIpc) is 2.47. The minimum absolute atomic E-state index is 0.263. The number of ketones is 1. The fraction of sp³-hybridized carbons (Fsp3) is 0.562. The molecule has 1 aromatic rings. The van der Waals surface area contributed by atoms with Gasteiger partial charge < -0.3 is 9.47 Å². The topological polar surface area (TPSA) is 35.5 Å². The Morgan fingerprint density at radius 2 is 1.68 bits per heavy atom. The largest absolute Gasteiger partial charge is 0.493 e. The average molecular weight is 262 g/mol. The van der Waals surface area contributed by atoms with E-state index in [1.54, 1.807) is 21.1 Å². The summed E-state index contributed by atoms with van der Waals surface area (Å²) in [6.07, 6.45) is 5.35. The standard InChI is InChI=1S/C16H22O3/c1-12(17)16(9-5-4-6-10-16)13-7-8-14(18-2)15(11-13)19-3/h7-8,11H,4-6,9-10H2,1-3H3. The molecule has 0 spiro atoms. The molecule has 19 heavy (non-hydrogen) atoms. The van der Waals surface area contributed by atoms with Gasteiger partial charge in [-0.2, -0.15) is 0 Å². The smallest absolute Gasteiger partial charge is 0.161 e. The summed E-state index contributed by atoms with van der Waals surface area (Å²) in [6, 6.07) is 5.87. The SMILES string of the molecule is COc1ccc(C2(C(C)=O)CCCCC2)cc1OC. The molecule has 0 aliphatic heterocycles. The summed E-state index contributed by atoms with van der Waals surface area (Å²) in [5, 5.41) is 0. The molecule has 1 aliphatic carbocycles. The highest BCUT2D eigenvalue weighted by atomic mass is 16.5. The molecule has 0 atom stereocenters. The van der Waals surface area contributed by atoms with Crippen LogP contribution in [0.1, 0.15) is 44.6 Å². The predicted molar refractivity (Wildman–Crippen MR) is 75.0 cm³/mol. The van der Waals surface area contributed by atoms with E-state index in [-0.39, 0.29) is 11.2 Å². The Kier molecular flexibility index (Phi) is 4.13. The lowest BCUT2D eigenvalue weighted by molar-refractivity contribution is -0.123. The van der Waals surface area contributed by atoms with Crippen LogP contribution in [0.2, 0.25) is 0 Å². The highest BCUT2D eigenvalue weighted by Gasteiger charge is 2.38. The van der Waals surface area contributed by atoms with Gasteiger partial charge in [-0.3, -0.25) is 4.79 Å². The molecule has 1 saturated carbocycles. The van der Waals surface area contributed by atoms with Crippen molar-refractivity contribution in [2.45, 2.75) is 44.4 Å². The fourth-order valence-electron chi connectivity index (χ4n) is 3.13. The van der Waals surface area contributed by atoms with E-state index in [1.807, 2.05) is 18.2 Å².